The molecule has 0 radical (unpaired) electrons. The zero-order valence-electron chi connectivity index (χ0n) is 23.8. The largest absolute Gasteiger partial charge is 0.357 e. The van der Waals surface area contributed by atoms with Crippen molar-refractivity contribution >= 4 is 27.5 Å². The number of hydrogen-bond acceptors (Lipinski definition) is 4. The molecule has 0 bridgehead atoms. The van der Waals surface area contributed by atoms with E-state index in [9.17, 15) is 22.4 Å². The third-order valence-corrected chi connectivity index (χ3v) is 8.80. The lowest BCUT2D eigenvalue weighted by atomic mass is 10.0. The Morgan fingerprint density at radius 1 is 0.833 bits per heavy atom. The number of sulfonamides is 1. The van der Waals surface area contributed by atoms with Gasteiger partial charge in [-0.05, 0) is 66.4 Å². The fourth-order valence-corrected chi connectivity index (χ4v) is 6.22. The van der Waals surface area contributed by atoms with Crippen LogP contribution in [0.25, 0.3) is 0 Å². The molecule has 2 amide bonds. The molecule has 4 rings (SSSR count). The van der Waals surface area contributed by atoms with Gasteiger partial charge in [-0.2, -0.15) is 0 Å². The van der Waals surface area contributed by atoms with Crippen molar-refractivity contribution < 1.29 is 22.4 Å². The van der Waals surface area contributed by atoms with Crippen molar-refractivity contribution in [3.05, 3.63) is 131 Å². The molecule has 0 saturated heterocycles. The quantitative estimate of drug-likeness (QED) is 0.267. The summed E-state index contributed by atoms with van der Waals surface area (Å²) >= 11 is 0. The van der Waals surface area contributed by atoms with Crippen LogP contribution in [0.3, 0.4) is 0 Å². The molecule has 0 aliphatic heterocycles. The number of anilines is 1. The summed E-state index contributed by atoms with van der Waals surface area (Å²) in [7, 11) is -2.69. The SMILES string of the molecule is CNC(=O)C(Cc1ccccc1)N(Cc1ccc(F)cc1)C(=O)CN(c1cc(C)ccc1C)S(=O)(=O)c1ccccc1. The topological polar surface area (TPSA) is 86.8 Å². The minimum Gasteiger partial charge on any atom is -0.357 e. The Kier molecular flexibility index (Phi) is 9.75. The molecule has 42 heavy (non-hydrogen) atoms. The Balaban J connectivity index is 1.81. The number of likely N-dealkylation sites (N-methyl/N-ethyl adjacent to an activating group) is 1. The molecule has 0 aliphatic rings. The number of benzene rings is 4. The van der Waals surface area contributed by atoms with Crippen molar-refractivity contribution in [2.75, 3.05) is 17.9 Å². The van der Waals surface area contributed by atoms with E-state index in [1.54, 1.807) is 43.3 Å². The van der Waals surface area contributed by atoms with Crippen molar-refractivity contribution in [2.24, 2.45) is 0 Å². The Morgan fingerprint density at radius 2 is 1.45 bits per heavy atom. The molecule has 0 aromatic heterocycles. The minimum absolute atomic E-state index is 0.0317. The molecular formula is C33H34FN3O4S. The number of halogens is 1. The van der Waals surface area contributed by atoms with E-state index in [1.807, 2.05) is 49.4 Å². The van der Waals surface area contributed by atoms with Crippen LogP contribution >= 0.6 is 0 Å². The van der Waals surface area contributed by atoms with Crippen LogP contribution in [0.4, 0.5) is 10.1 Å². The van der Waals surface area contributed by atoms with Gasteiger partial charge in [0.15, 0.2) is 0 Å². The zero-order valence-corrected chi connectivity index (χ0v) is 24.6. The monoisotopic (exact) mass is 587 g/mol. The fraction of sp³-hybridized carbons (Fsp3) is 0.212. The van der Waals surface area contributed by atoms with Gasteiger partial charge in [-0.25, -0.2) is 12.8 Å². The lowest BCUT2D eigenvalue weighted by Crippen LogP contribution is -2.53. The molecule has 4 aromatic carbocycles. The number of nitrogens with zero attached hydrogens (tertiary/aromatic N) is 2. The van der Waals surface area contributed by atoms with Crippen LogP contribution in [0.5, 0.6) is 0 Å². The van der Waals surface area contributed by atoms with Gasteiger partial charge >= 0.3 is 0 Å². The van der Waals surface area contributed by atoms with Gasteiger partial charge < -0.3 is 10.2 Å². The predicted molar refractivity (Wildman–Crippen MR) is 162 cm³/mol. The molecule has 218 valence electrons. The highest BCUT2D eigenvalue weighted by Gasteiger charge is 2.34. The highest BCUT2D eigenvalue weighted by Crippen LogP contribution is 2.28. The molecule has 0 heterocycles. The Labute approximate surface area is 246 Å². The maximum atomic E-state index is 14.3. The molecule has 0 fully saturated rings. The van der Waals surface area contributed by atoms with Crippen LogP contribution in [0.1, 0.15) is 22.3 Å². The lowest BCUT2D eigenvalue weighted by Gasteiger charge is -2.34. The Morgan fingerprint density at radius 3 is 2.07 bits per heavy atom. The first-order chi connectivity index (χ1) is 20.1. The standard InChI is InChI=1S/C33H34FN3O4S/c1-24-14-15-25(2)30(20-24)37(42(40,41)29-12-8-5-9-13-29)23-32(38)36(22-27-16-18-28(34)19-17-27)31(33(39)35-3)21-26-10-6-4-7-11-26/h4-20,31H,21-23H2,1-3H3,(H,35,39). The summed E-state index contributed by atoms with van der Waals surface area (Å²) in [5, 5.41) is 2.65. The zero-order chi connectivity index (χ0) is 30.3. The molecule has 1 N–H and O–H groups in total. The summed E-state index contributed by atoms with van der Waals surface area (Å²) in [5.74, 6) is -1.42. The van der Waals surface area contributed by atoms with Gasteiger partial charge in [-0.3, -0.25) is 13.9 Å². The van der Waals surface area contributed by atoms with E-state index in [2.05, 4.69) is 5.32 Å². The van der Waals surface area contributed by atoms with Gasteiger partial charge in [0.25, 0.3) is 10.0 Å². The molecule has 0 aliphatic carbocycles. The third kappa shape index (κ3) is 7.22. The second-order valence-corrected chi connectivity index (χ2v) is 11.9. The van der Waals surface area contributed by atoms with E-state index in [4.69, 9.17) is 0 Å². The van der Waals surface area contributed by atoms with E-state index in [1.165, 1.54) is 36.2 Å². The summed E-state index contributed by atoms with van der Waals surface area (Å²) in [6.45, 7) is 3.05. The third-order valence-electron chi connectivity index (χ3n) is 7.03. The van der Waals surface area contributed by atoms with Gasteiger partial charge in [0.2, 0.25) is 11.8 Å². The number of rotatable bonds is 11. The fourth-order valence-electron chi connectivity index (χ4n) is 4.73. The van der Waals surface area contributed by atoms with Crippen LogP contribution in [-0.2, 0) is 32.6 Å². The van der Waals surface area contributed by atoms with Gasteiger partial charge in [0.05, 0.1) is 10.6 Å². The number of amides is 2. The number of aryl methyl sites for hydroxylation is 2. The van der Waals surface area contributed by atoms with Crippen molar-refractivity contribution in [2.45, 2.75) is 37.8 Å². The number of carbonyl (C=O) groups excluding carboxylic acids is 2. The molecule has 0 saturated carbocycles. The molecule has 7 nitrogen and oxygen atoms in total. The second kappa shape index (κ2) is 13.4. The van der Waals surface area contributed by atoms with E-state index in [0.717, 1.165) is 15.4 Å². The van der Waals surface area contributed by atoms with Gasteiger partial charge in [0, 0.05) is 20.0 Å². The summed E-state index contributed by atoms with van der Waals surface area (Å²) in [6.07, 6.45) is 0.197. The van der Waals surface area contributed by atoms with E-state index < -0.39 is 40.2 Å². The molecule has 0 spiro atoms. The van der Waals surface area contributed by atoms with Crippen LogP contribution in [0.15, 0.2) is 108 Å². The molecule has 9 heteroatoms. The minimum atomic E-state index is -4.18. The highest BCUT2D eigenvalue weighted by atomic mass is 32.2. The van der Waals surface area contributed by atoms with Crippen molar-refractivity contribution in [3.8, 4) is 0 Å². The molecule has 1 atom stereocenters. The van der Waals surface area contributed by atoms with Gasteiger partial charge in [-0.15, -0.1) is 0 Å². The molecular weight excluding hydrogens is 553 g/mol. The second-order valence-electron chi connectivity index (χ2n) is 10.1. The van der Waals surface area contributed by atoms with Crippen molar-refractivity contribution in [1.82, 2.24) is 10.2 Å². The maximum Gasteiger partial charge on any atom is 0.264 e. The van der Waals surface area contributed by atoms with Crippen LogP contribution in [-0.4, -0.2) is 44.8 Å². The summed E-state index contributed by atoms with van der Waals surface area (Å²) in [4.78, 5) is 29.0. The summed E-state index contributed by atoms with van der Waals surface area (Å²) in [6, 6.07) is 27.3. The van der Waals surface area contributed by atoms with Gasteiger partial charge in [-0.1, -0.05) is 72.8 Å². The van der Waals surface area contributed by atoms with Gasteiger partial charge in [0.1, 0.15) is 18.4 Å². The van der Waals surface area contributed by atoms with E-state index >= 15 is 0 Å². The van der Waals surface area contributed by atoms with Crippen LogP contribution in [0.2, 0.25) is 0 Å². The average molecular weight is 588 g/mol. The van der Waals surface area contributed by atoms with Crippen molar-refractivity contribution in [3.63, 3.8) is 0 Å². The van der Waals surface area contributed by atoms with Crippen molar-refractivity contribution in [1.29, 1.82) is 0 Å². The van der Waals surface area contributed by atoms with Crippen LogP contribution < -0.4 is 9.62 Å². The predicted octanol–water partition coefficient (Wildman–Crippen LogP) is 5.02. The van der Waals surface area contributed by atoms with E-state index in [0.29, 0.717) is 16.8 Å². The maximum absolute atomic E-state index is 14.3. The first-order valence-corrected chi connectivity index (χ1v) is 15.0. The first kappa shape index (κ1) is 30.5. The number of carbonyl (C=O) groups is 2. The molecule has 4 aromatic rings. The Bertz CT molecular complexity index is 1630. The molecule has 1 unspecified atom stereocenters. The highest BCUT2D eigenvalue weighted by molar-refractivity contribution is 7.92. The normalized spacial score (nSPS) is 11.9. The number of nitrogens with one attached hydrogen (secondary N) is 1. The van der Waals surface area contributed by atoms with Crippen LogP contribution in [0, 0.1) is 19.7 Å². The lowest BCUT2D eigenvalue weighted by molar-refractivity contribution is -0.139. The first-order valence-electron chi connectivity index (χ1n) is 13.5. The summed E-state index contributed by atoms with van der Waals surface area (Å²) in [5.41, 5.74) is 3.28. The number of hydrogen-bond donors (Lipinski definition) is 1. The Hall–Kier alpha value is -4.50. The average Bonchev–Trinajstić information content (AvgIpc) is 3.00. The smallest absolute Gasteiger partial charge is 0.264 e. The van der Waals surface area contributed by atoms with E-state index in [-0.39, 0.29) is 17.9 Å². The summed E-state index contributed by atoms with van der Waals surface area (Å²) < 4.78 is 42.9.